The molecule has 14 nitrogen and oxygen atoms in total. The first-order chi connectivity index (χ1) is 63.7. The van der Waals surface area contributed by atoms with E-state index in [0.29, 0.717) is 16.2 Å². The summed E-state index contributed by atoms with van der Waals surface area (Å²) in [6.07, 6.45) is 60.1. The second kappa shape index (κ2) is 92.3. The molecule has 0 amide bonds. The fourth-order valence-corrected chi connectivity index (χ4v) is 18.7. The van der Waals surface area contributed by atoms with Gasteiger partial charge in [-0.1, -0.05) is 303 Å². The first-order valence-electron chi connectivity index (χ1n) is 57.7. The number of hydrogen-bond donors (Lipinski definition) is 7. The van der Waals surface area contributed by atoms with Crippen LogP contribution in [0, 0.1) is 63.6 Å². The van der Waals surface area contributed by atoms with Crippen LogP contribution in [0.15, 0.2) is 60.7 Å². The Morgan fingerprint density at radius 1 is 0.391 bits per heavy atom. The zero-order chi connectivity index (χ0) is 99.1. The van der Waals surface area contributed by atoms with E-state index in [0.717, 1.165) is 138 Å². The Bertz CT molecular complexity index is 2570. The molecule has 4 aliphatic heterocycles. The molecule has 14 heteroatoms. The van der Waals surface area contributed by atoms with Gasteiger partial charge in [-0.15, -0.1) is 0 Å². The number of morpholine rings is 1. The summed E-state index contributed by atoms with van der Waals surface area (Å²) < 4.78 is 5.29. The summed E-state index contributed by atoms with van der Waals surface area (Å²) in [5.41, 5.74) is 26.4. The molecule has 0 spiro atoms. The number of rotatable bonds is 48. The van der Waals surface area contributed by atoms with E-state index in [2.05, 4.69) is 265 Å². The molecule has 0 aromatic heterocycles. The quantitative estimate of drug-likeness (QED) is 0.0313. The molecule has 2 saturated carbocycles. The Morgan fingerprint density at radius 3 is 1.32 bits per heavy atom. The van der Waals surface area contributed by atoms with Crippen molar-refractivity contribution < 1.29 is 4.74 Å². The Balaban J connectivity index is 0. The van der Waals surface area contributed by atoms with Crippen molar-refractivity contribution in [3.8, 4) is 0 Å². The minimum atomic E-state index is 0.329. The highest BCUT2D eigenvalue weighted by Gasteiger charge is 2.30. The first-order valence-corrected chi connectivity index (χ1v) is 57.7. The maximum Gasteiger partial charge on any atom is 0.0594 e. The van der Waals surface area contributed by atoms with Crippen molar-refractivity contribution in [1.29, 1.82) is 0 Å². The normalized spacial score (nSPS) is 17.4. The molecule has 0 unspecified atom stereocenters. The second-order valence-corrected chi connectivity index (χ2v) is 46.6. The molecule has 0 bridgehead atoms. The first kappa shape index (κ1) is 133. The predicted molar refractivity (Wildman–Crippen MR) is 599 cm³/mol. The van der Waals surface area contributed by atoms with Crippen molar-refractivity contribution in [2.45, 2.75) is 441 Å². The zero-order valence-electron chi connectivity index (χ0n) is 94.3. The van der Waals surface area contributed by atoms with Gasteiger partial charge in [0.15, 0.2) is 0 Å². The van der Waals surface area contributed by atoms with Gasteiger partial charge in [0.05, 0.1) is 13.2 Å². The van der Waals surface area contributed by atoms with E-state index in [4.69, 9.17) is 27.7 Å². The highest BCUT2D eigenvalue weighted by Crippen LogP contribution is 2.41. The van der Waals surface area contributed by atoms with Crippen molar-refractivity contribution >= 4 is 0 Å². The van der Waals surface area contributed by atoms with Gasteiger partial charge in [-0.3, -0.25) is 4.90 Å². The van der Waals surface area contributed by atoms with Crippen LogP contribution in [0.25, 0.3) is 0 Å². The van der Waals surface area contributed by atoms with Gasteiger partial charge in [0.25, 0.3) is 0 Å². The van der Waals surface area contributed by atoms with Crippen LogP contribution < -0.4 is 38.9 Å². The molecule has 6 aliphatic rings. The van der Waals surface area contributed by atoms with Crippen molar-refractivity contribution in [1.82, 2.24) is 45.3 Å². The summed E-state index contributed by atoms with van der Waals surface area (Å²) >= 11 is 0. The van der Waals surface area contributed by atoms with E-state index in [1.165, 1.54) is 392 Å². The molecule has 2 aromatic carbocycles. The van der Waals surface area contributed by atoms with Crippen molar-refractivity contribution in [3.05, 3.63) is 71.8 Å². The second-order valence-electron chi connectivity index (χ2n) is 46.6. The molecule has 0 atom stereocenters. The molecule has 0 radical (unpaired) electrons. The maximum atomic E-state index is 5.57. The third-order valence-corrected chi connectivity index (χ3v) is 28.1. The lowest BCUT2D eigenvalue weighted by Gasteiger charge is -2.37. The molecule has 4 heterocycles. The summed E-state index contributed by atoms with van der Waals surface area (Å²) in [6, 6.07) is 22.2. The number of hydrogen-bond acceptors (Lipinski definition) is 14. The van der Waals surface area contributed by atoms with E-state index in [-0.39, 0.29) is 0 Å². The van der Waals surface area contributed by atoms with Crippen molar-refractivity contribution in [2.75, 3.05) is 190 Å². The van der Waals surface area contributed by atoms with Crippen LogP contribution in [-0.4, -0.2) is 226 Å². The van der Waals surface area contributed by atoms with Crippen LogP contribution in [0.5, 0.6) is 0 Å². The number of likely N-dealkylation sites (tertiary alicyclic amines) is 1. The van der Waals surface area contributed by atoms with Gasteiger partial charge >= 0.3 is 0 Å². The van der Waals surface area contributed by atoms with E-state index in [1.54, 1.807) is 0 Å². The van der Waals surface area contributed by atoms with Gasteiger partial charge in [0.2, 0.25) is 0 Å². The van der Waals surface area contributed by atoms with Crippen molar-refractivity contribution in [2.24, 2.45) is 86.5 Å². The average Bonchev–Trinajstić information content (AvgIpc) is 0.971. The third kappa shape index (κ3) is 92.1. The summed E-state index contributed by atoms with van der Waals surface area (Å²) in [4.78, 5) is 15.1. The molecule has 133 heavy (non-hydrogen) atoms. The SMILES string of the molecule is CC(C)(CCCN)C1CCCCC1.CC(C)(CCN)Cc1ccccc1.CC(C)CCCCc1ccccc1.CC(C)CCCN1CCCC1.CC(C)CCCN1CCN(C)CC1.CC(C)CCCN1CCOCC1.CC(C)CCCNC1CCCCC1.CC(C)CCN(CCN)CCN.CC1(C)CCCNCCCCCCCNCC1.CCCCCN(CCCC)CCCC(C)C. The minimum absolute atomic E-state index is 0.329. The summed E-state index contributed by atoms with van der Waals surface area (Å²) in [5, 5.41) is 10.8. The number of nitrogens with one attached hydrogen (secondary N) is 3. The molecule has 2 aliphatic carbocycles. The van der Waals surface area contributed by atoms with Crippen LogP contribution in [-0.2, 0) is 17.6 Å². The molecule has 4 saturated heterocycles. The third-order valence-electron chi connectivity index (χ3n) is 28.1. The number of benzene rings is 2. The molecule has 11 N–H and O–H groups in total. The van der Waals surface area contributed by atoms with Gasteiger partial charge < -0.3 is 68.1 Å². The predicted octanol–water partition coefficient (Wildman–Crippen LogP) is 27.6. The number of aryl methyl sites for hydroxylation is 1. The molecule has 2 aromatic rings. The number of nitrogens with zero attached hydrogens (tertiary/aromatic N) is 6. The molecule has 6 fully saturated rings. The fraction of sp³-hybridized carbons (Fsp3) is 0.899. The lowest BCUT2D eigenvalue weighted by molar-refractivity contribution is 0.0368. The van der Waals surface area contributed by atoms with E-state index in [9.17, 15) is 0 Å². The van der Waals surface area contributed by atoms with Crippen LogP contribution in [0.4, 0.5) is 0 Å². The van der Waals surface area contributed by atoms with Crippen LogP contribution in [0.3, 0.4) is 0 Å². The number of likely N-dealkylation sites (N-methyl/N-ethyl adjacent to an activating group) is 1. The van der Waals surface area contributed by atoms with Gasteiger partial charge in [-0.05, 0) is 379 Å². The van der Waals surface area contributed by atoms with E-state index in [1.807, 2.05) is 0 Å². The van der Waals surface area contributed by atoms with E-state index >= 15 is 0 Å². The Morgan fingerprint density at radius 2 is 0.820 bits per heavy atom. The summed E-state index contributed by atoms with van der Waals surface area (Å²) in [7, 11) is 2.21. The smallest absolute Gasteiger partial charge is 0.0594 e. The Labute approximate surface area is 834 Å². The lowest BCUT2D eigenvalue weighted by atomic mass is 9.69. The van der Waals surface area contributed by atoms with Crippen molar-refractivity contribution in [3.63, 3.8) is 0 Å². The molecular weight excluding hydrogens is 1630 g/mol. The lowest BCUT2D eigenvalue weighted by Crippen LogP contribution is -2.44. The van der Waals surface area contributed by atoms with E-state index < -0.39 is 0 Å². The summed E-state index contributed by atoms with van der Waals surface area (Å²) in [6.45, 7) is 83.0. The molecule has 790 valence electrons. The average molecular weight is 1870 g/mol. The maximum absolute atomic E-state index is 5.57. The molecule has 8 rings (SSSR count). The van der Waals surface area contributed by atoms with Crippen LogP contribution in [0.2, 0.25) is 0 Å². The van der Waals surface area contributed by atoms with Crippen LogP contribution >= 0.6 is 0 Å². The van der Waals surface area contributed by atoms with Gasteiger partial charge in [0.1, 0.15) is 0 Å². The number of ether oxygens (including phenoxy) is 1. The largest absolute Gasteiger partial charge is 0.379 e. The molecular formula is C119H243N13O. The van der Waals surface area contributed by atoms with Gasteiger partial charge in [-0.25, -0.2) is 0 Å². The standard InChI is InChI=1S/C15H32N2.C15H33N.C13H20.2C12H25N.C12H19N.C11H24N2.C10H21NO.C10H21N.C9H23N3/c1-15(2)9-8-13-16-11-6-4-3-5-7-12-17-14-10-15;1-5-7-9-13-16(12-8-6-2)14-10-11-15(3)4;1-12(2)8-6-7-11-13-9-4-3-5-10-13;1-11(2)7-6-10-13-12-8-4-3-5-9-12;1-12(2,9-6-10-13)11-7-4-3-5-8-11;1-12(2,8-9-13)10-11-6-4-3-5-7-11;1-11(2)5-4-6-13-9-7-12(3)8-10-13;1-10(2)4-3-5-11-6-8-12-9-7-11;1-10(2)6-5-9-11-7-3-4-8-11;1-9(2)3-6-12(7-4-10)8-5-11/h16-17H,3-14H2,1-2H3;15H,5-14H2,1-4H3;3-5,9-10,12H,6-8,11H2,1-2H3;11-13H,3-10H2,1-2H3;11H,3-10,13H2,1-2H3;3-7H,8-10,13H2,1-2H3;11H,4-10H2,1-3H3;10H,3-9H2,1-2H3;10H,3-9H2,1-2H3;9H,3-8,10-11H2,1-2H3. The highest BCUT2D eigenvalue weighted by molar-refractivity contribution is 5.16. The number of unbranched alkanes of at least 4 members (excludes halogenated alkanes) is 4. The Kier molecular flexibility index (Phi) is 92.2. The zero-order valence-corrected chi connectivity index (χ0v) is 94.3. The minimum Gasteiger partial charge on any atom is -0.379 e. The Hall–Kier alpha value is -2.12. The monoisotopic (exact) mass is 1870 g/mol. The van der Waals surface area contributed by atoms with Gasteiger partial charge in [0, 0.05) is 71.5 Å². The highest BCUT2D eigenvalue weighted by atomic mass is 16.5. The van der Waals surface area contributed by atoms with Gasteiger partial charge in [-0.2, -0.15) is 0 Å². The fourth-order valence-electron chi connectivity index (χ4n) is 18.7. The summed E-state index contributed by atoms with van der Waals surface area (Å²) in [5.74, 6) is 6.93. The number of nitrogens with two attached hydrogens (primary N) is 4. The number of piperazine rings is 1. The van der Waals surface area contributed by atoms with Crippen LogP contribution in [0.1, 0.15) is 433 Å². The topological polar surface area (TPSA) is 169 Å².